The third-order valence-corrected chi connectivity index (χ3v) is 5.04. The number of aromatic nitrogens is 1. The summed E-state index contributed by atoms with van der Waals surface area (Å²) in [6, 6.07) is 6.75. The Balaban J connectivity index is 2.39. The number of hydrogen-bond donors (Lipinski definition) is 1. The molecule has 0 aliphatic heterocycles. The van der Waals surface area contributed by atoms with Gasteiger partial charge in [0.05, 0.1) is 18.8 Å². The van der Waals surface area contributed by atoms with E-state index in [0.717, 1.165) is 10.9 Å². The molecule has 1 aromatic carbocycles. The first kappa shape index (κ1) is 25.2. The fourth-order valence-electron chi connectivity index (χ4n) is 3.35. The van der Waals surface area contributed by atoms with E-state index in [1.165, 1.54) is 0 Å². The molecule has 176 valence electrons. The molecule has 0 aliphatic rings. The Bertz CT molecular complexity index is 973. The van der Waals surface area contributed by atoms with Crippen LogP contribution in [0.3, 0.4) is 0 Å². The summed E-state index contributed by atoms with van der Waals surface area (Å²) in [5, 5.41) is 3.59. The Kier molecular flexibility index (Phi) is 8.30. The summed E-state index contributed by atoms with van der Waals surface area (Å²) in [6.07, 6.45) is -0.496. The third kappa shape index (κ3) is 6.24. The van der Waals surface area contributed by atoms with Gasteiger partial charge in [0, 0.05) is 23.5 Å². The molecule has 1 aromatic heterocycles. The number of nitrogens with one attached hydrogen (secondary N) is 1. The van der Waals surface area contributed by atoms with Crippen LogP contribution < -0.4 is 5.32 Å². The van der Waals surface area contributed by atoms with Gasteiger partial charge in [0.1, 0.15) is 11.3 Å². The number of amides is 1. The van der Waals surface area contributed by atoms with Gasteiger partial charge in [-0.05, 0) is 65.7 Å². The van der Waals surface area contributed by atoms with Gasteiger partial charge in [-0.3, -0.25) is 0 Å². The Morgan fingerprint density at radius 2 is 1.62 bits per heavy atom. The Morgan fingerprint density at radius 1 is 1.00 bits per heavy atom. The second kappa shape index (κ2) is 10.5. The maximum absolute atomic E-state index is 12.7. The lowest BCUT2D eigenvalue weighted by molar-refractivity contribution is 0.0493. The SMILES string of the molecule is CCOC(=O)c1ccc2cc(C(=O)OCC)n([C@H](C)[C@@H](C)CNC(=O)OC(C)(C)C)c2c1. The van der Waals surface area contributed by atoms with Crippen LogP contribution in [-0.4, -0.2) is 48.0 Å². The van der Waals surface area contributed by atoms with Crippen LogP contribution in [0, 0.1) is 5.92 Å². The second-order valence-electron chi connectivity index (χ2n) is 8.71. The molecule has 0 unspecified atom stereocenters. The van der Waals surface area contributed by atoms with E-state index >= 15 is 0 Å². The minimum absolute atomic E-state index is 0.0578. The monoisotopic (exact) mass is 446 g/mol. The van der Waals surface area contributed by atoms with Crippen LogP contribution in [-0.2, 0) is 14.2 Å². The molecule has 0 bridgehead atoms. The normalized spacial score (nSPS) is 13.3. The highest BCUT2D eigenvalue weighted by Gasteiger charge is 2.25. The molecule has 8 heteroatoms. The first-order valence-corrected chi connectivity index (χ1v) is 10.9. The van der Waals surface area contributed by atoms with Crippen LogP contribution >= 0.6 is 0 Å². The highest BCUT2D eigenvalue weighted by atomic mass is 16.6. The largest absolute Gasteiger partial charge is 0.462 e. The Labute approximate surface area is 189 Å². The molecule has 0 radical (unpaired) electrons. The molecule has 0 fully saturated rings. The topological polar surface area (TPSA) is 95.9 Å². The predicted octanol–water partition coefficient (Wildman–Crippen LogP) is 4.72. The molecule has 0 saturated carbocycles. The molecule has 2 aromatic rings. The first-order chi connectivity index (χ1) is 15.0. The van der Waals surface area contributed by atoms with Crippen molar-refractivity contribution in [3.63, 3.8) is 0 Å². The minimum Gasteiger partial charge on any atom is -0.462 e. The molecule has 1 N–H and O–H groups in total. The number of ether oxygens (including phenoxy) is 3. The second-order valence-corrected chi connectivity index (χ2v) is 8.71. The molecule has 1 heterocycles. The maximum Gasteiger partial charge on any atom is 0.407 e. The number of hydrogen-bond acceptors (Lipinski definition) is 6. The average Bonchev–Trinajstić information content (AvgIpc) is 3.09. The molecule has 2 atom stereocenters. The molecule has 0 aliphatic carbocycles. The summed E-state index contributed by atoms with van der Waals surface area (Å²) in [5.41, 5.74) is 0.923. The number of alkyl carbamates (subject to hydrolysis) is 1. The van der Waals surface area contributed by atoms with E-state index in [0.29, 0.717) is 17.8 Å². The number of fused-ring (bicyclic) bond motifs is 1. The van der Waals surface area contributed by atoms with Crippen molar-refractivity contribution in [1.29, 1.82) is 0 Å². The van der Waals surface area contributed by atoms with E-state index < -0.39 is 23.6 Å². The minimum atomic E-state index is -0.587. The highest BCUT2D eigenvalue weighted by molar-refractivity contribution is 5.99. The lowest BCUT2D eigenvalue weighted by Crippen LogP contribution is -2.36. The van der Waals surface area contributed by atoms with Gasteiger partial charge in [0.2, 0.25) is 0 Å². The first-order valence-electron chi connectivity index (χ1n) is 10.9. The lowest BCUT2D eigenvalue weighted by Gasteiger charge is -2.26. The van der Waals surface area contributed by atoms with Gasteiger partial charge in [-0.2, -0.15) is 0 Å². The standard InChI is InChI=1S/C24H34N2O6/c1-8-30-21(27)18-11-10-17-12-20(22(28)31-9-2)26(19(17)13-18)16(4)15(3)14-25-23(29)32-24(5,6)7/h10-13,15-16H,8-9,14H2,1-7H3,(H,25,29)/t15-,16+/m0/s1. The van der Waals surface area contributed by atoms with Crippen molar-refractivity contribution in [2.45, 2.75) is 60.1 Å². The smallest absolute Gasteiger partial charge is 0.407 e. The molecule has 0 saturated heterocycles. The summed E-state index contributed by atoms with van der Waals surface area (Å²) in [4.78, 5) is 37.0. The molecule has 32 heavy (non-hydrogen) atoms. The summed E-state index contributed by atoms with van der Waals surface area (Å²) >= 11 is 0. The summed E-state index contributed by atoms with van der Waals surface area (Å²) in [7, 11) is 0. The van der Waals surface area contributed by atoms with Gasteiger partial charge in [0.25, 0.3) is 0 Å². The van der Waals surface area contributed by atoms with E-state index in [4.69, 9.17) is 14.2 Å². The lowest BCUT2D eigenvalue weighted by atomic mass is 10.0. The fraction of sp³-hybridized carbons (Fsp3) is 0.542. The molecular formula is C24H34N2O6. The van der Waals surface area contributed by atoms with Crippen LogP contribution in [0.5, 0.6) is 0 Å². The van der Waals surface area contributed by atoms with Crippen molar-refractivity contribution in [1.82, 2.24) is 9.88 Å². The van der Waals surface area contributed by atoms with Gasteiger partial charge in [-0.25, -0.2) is 14.4 Å². The summed E-state index contributed by atoms with van der Waals surface area (Å²) in [5.74, 6) is -0.926. The number of esters is 2. The zero-order valence-electron chi connectivity index (χ0n) is 20.0. The van der Waals surface area contributed by atoms with Gasteiger partial charge < -0.3 is 24.1 Å². The van der Waals surface area contributed by atoms with Crippen molar-refractivity contribution in [2.75, 3.05) is 19.8 Å². The molecular weight excluding hydrogens is 412 g/mol. The van der Waals surface area contributed by atoms with Crippen molar-refractivity contribution >= 4 is 28.9 Å². The number of rotatable bonds is 8. The van der Waals surface area contributed by atoms with Crippen LogP contribution in [0.4, 0.5) is 4.79 Å². The zero-order chi connectivity index (χ0) is 24.1. The third-order valence-electron chi connectivity index (χ3n) is 5.04. The van der Waals surface area contributed by atoms with E-state index in [9.17, 15) is 14.4 Å². The van der Waals surface area contributed by atoms with E-state index in [1.54, 1.807) is 58.9 Å². The molecule has 2 rings (SSSR count). The Morgan fingerprint density at radius 3 is 2.22 bits per heavy atom. The quantitative estimate of drug-likeness (QED) is 0.466. The van der Waals surface area contributed by atoms with E-state index in [2.05, 4.69) is 5.32 Å². The predicted molar refractivity (Wildman–Crippen MR) is 122 cm³/mol. The molecule has 8 nitrogen and oxygen atoms in total. The summed E-state index contributed by atoms with van der Waals surface area (Å²) in [6.45, 7) is 13.7. The van der Waals surface area contributed by atoms with Crippen molar-refractivity contribution < 1.29 is 28.6 Å². The number of carbonyl (C=O) groups is 3. The van der Waals surface area contributed by atoms with Crippen LogP contribution in [0.1, 0.15) is 75.4 Å². The average molecular weight is 447 g/mol. The summed E-state index contributed by atoms with van der Waals surface area (Å²) < 4.78 is 17.5. The van der Waals surface area contributed by atoms with Crippen molar-refractivity contribution in [3.8, 4) is 0 Å². The van der Waals surface area contributed by atoms with Crippen LogP contribution in [0.25, 0.3) is 10.9 Å². The number of benzene rings is 1. The number of carbonyl (C=O) groups excluding carboxylic acids is 3. The van der Waals surface area contributed by atoms with E-state index in [-0.39, 0.29) is 25.2 Å². The van der Waals surface area contributed by atoms with Gasteiger partial charge >= 0.3 is 18.0 Å². The van der Waals surface area contributed by atoms with E-state index in [1.807, 2.05) is 18.4 Å². The Hall–Kier alpha value is -3.03. The van der Waals surface area contributed by atoms with Crippen LogP contribution in [0.2, 0.25) is 0 Å². The number of nitrogens with zero attached hydrogens (tertiary/aromatic N) is 1. The van der Waals surface area contributed by atoms with Gasteiger partial charge in [-0.15, -0.1) is 0 Å². The molecule has 0 spiro atoms. The van der Waals surface area contributed by atoms with Gasteiger partial charge in [-0.1, -0.05) is 13.0 Å². The fourth-order valence-corrected chi connectivity index (χ4v) is 3.35. The van der Waals surface area contributed by atoms with Crippen molar-refractivity contribution in [2.24, 2.45) is 5.92 Å². The van der Waals surface area contributed by atoms with Gasteiger partial charge in [0.15, 0.2) is 0 Å². The van der Waals surface area contributed by atoms with Crippen molar-refractivity contribution in [3.05, 3.63) is 35.5 Å². The van der Waals surface area contributed by atoms with Crippen LogP contribution in [0.15, 0.2) is 24.3 Å². The highest BCUT2D eigenvalue weighted by Crippen LogP contribution is 2.30. The molecule has 1 amide bonds. The zero-order valence-corrected chi connectivity index (χ0v) is 20.0. The maximum atomic E-state index is 12.7.